The van der Waals surface area contributed by atoms with E-state index in [0.717, 1.165) is 0 Å². The van der Waals surface area contributed by atoms with E-state index >= 15 is 0 Å². The summed E-state index contributed by atoms with van der Waals surface area (Å²) in [7, 11) is 0. The molecule has 0 aliphatic rings. The molecule has 100 valence electrons. The largest absolute Gasteiger partial charge is 0.489 e. The molecule has 4 heteroatoms. The lowest BCUT2D eigenvalue weighted by atomic mass is 10.2. The second-order valence-corrected chi connectivity index (χ2v) is 7.20. The summed E-state index contributed by atoms with van der Waals surface area (Å²) in [6.45, 7) is 10.2. The predicted molar refractivity (Wildman–Crippen MR) is 76.5 cm³/mol. The number of carbonyl (C=O) groups is 1. The van der Waals surface area contributed by atoms with Crippen LogP contribution in [0.4, 0.5) is 0 Å². The molecular weight excluding hydrogens is 246 g/mol. The molecule has 0 atom stereocenters. The lowest BCUT2D eigenvalue weighted by Crippen LogP contribution is -2.13. The van der Waals surface area contributed by atoms with E-state index in [1.807, 2.05) is 13.8 Å². The van der Waals surface area contributed by atoms with Crippen molar-refractivity contribution in [3.05, 3.63) is 24.0 Å². The molecule has 1 aromatic rings. The molecule has 0 aromatic carbocycles. The van der Waals surface area contributed by atoms with Crippen molar-refractivity contribution in [1.29, 1.82) is 0 Å². The average molecular weight is 267 g/mol. The van der Waals surface area contributed by atoms with Gasteiger partial charge in [-0.3, -0.25) is 9.78 Å². The van der Waals surface area contributed by atoms with Gasteiger partial charge in [0, 0.05) is 16.5 Å². The van der Waals surface area contributed by atoms with Gasteiger partial charge in [-0.1, -0.05) is 20.8 Å². The zero-order valence-corrected chi connectivity index (χ0v) is 12.5. The predicted octanol–water partition coefficient (Wildman–Crippen LogP) is 3.58. The maximum absolute atomic E-state index is 12.0. The SMILES string of the molecule is CC(C)Oc1cncc(C(=O)CSC(C)(C)C)c1. The van der Waals surface area contributed by atoms with Crippen LogP contribution in [-0.2, 0) is 0 Å². The Hall–Kier alpha value is -1.03. The van der Waals surface area contributed by atoms with Crippen molar-refractivity contribution in [2.45, 2.75) is 45.5 Å². The number of rotatable bonds is 5. The number of aromatic nitrogens is 1. The molecule has 1 aromatic heterocycles. The number of Topliss-reactive ketones (excluding diaryl/α,β-unsaturated/α-hetero) is 1. The summed E-state index contributed by atoms with van der Waals surface area (Å²) in [4.78, 5) is 16.1. The Bertz CT molecular complexity index is 411. The first kappa shape index (κ1) is 15.0. The van der Waals surface area contributed by atoms with Crippen LogP contribution in [0.25, 0.3) is 0 Å². The van der Waals surface area contributed by atoms with Crippen molar-refractivity contribution < 1.29 is 9.53 Å². The molecule has 0 spiro atoms. The number of ketones is 1. The molecule has 0 aliphatic carbocycles. The van der Waals surface area contributed by atoms with Gasteiger partial charge in [-0.05, 0) is 19.9 Å². The van der Waals surface area contributed by atoms with Crippen LogP contribution in [0, 0.1) is 0 Å². The van der Waals surface area contributed by atoms with Gasteiger partial charge >= 0.3 is 0 Å². The van der Waals surface area contributed by atoms with Crippen molar-refractivity contribution in [3.63, 3.8) is 0 Å². The first-order valence-corrected chi connectivity index (χ1v) is 7.05. The molecule has 18 heavy (non-hydrogen) atoms. The maximum Gasteiger partial charge on any atom is 0.174 e. The molecule has 0 saturated carbocycles. The molecule has 0 aliphatic heterocycles. The van der Waals surface area contributed by atoms with Gasteiger partial charge in [-0.15, -0.1) is 11.8 Å². The van der Waals surface area contributed by atoms with Crippen molar-refractivity contribution in [2.24, 2.45) is 0 Å². The molecule has 0 saturated heterocycles. The van der Waals surface area contributed by atoms with E-state index in [1.54, 1.807) is 30.2 Å². The highest BCUT2D eigenvalue weighted by Gasteiger charge is 2.15. The summed E-state index contributed by atoms with van der Waals surface area (Å²) in [6.07, 6.45) is 3.31. The standard InChI is InChI=1S/C14H21NO2S/c1-10(2)17-12-6-11(7-15-8-12)13(16)9-18-14(3,4)5/h6-8,10H,9H2,1-5H3. The minimum Gasteiger partial charge on any atom is -0.489 e. The van der Waals surface area contributed by atoms with E-state index in [0.29, 0.717) is 17.1 Å². The van der Waals surface area contributed by atoms with Crippen molar-refractivity contribution in [1.82, 2.24) is 4.98 Å². The topological polar surface area (TPSA) is 39.2 Å². The van der Waals surface area contributed by atoms with E-state index in [2.05, 4.69) is 25.8 Å². The first-order chi connectivity index (χ1) is 8.28. The summed E-state index contributed by atoms with van der Waals surface area (Å²) in [5.74, 6) is 1.21. The number of hydrogen-bond donors (Lipinski definition) is 0. The molecule has 0 radical (unpaired) electrons. The quantitative estimate of drug-likeness (QED) is 0.764. The van der Waals surface area contributed by atoms with Crippen LogP contribution < -0.4 is 4.74 Å². The molecule has 0 unspecified atom stereocenters. The normalized spacial score (nSPS) is 11.7. The third-order valence-corrected chi connectivity index (χ3v) is 3.32. The maximum atomic E-state index is 12.0. The van der Waals surface area contributed by atoms with Crippen LogP contribution in [-0.4, -0.2) is 27.4 Å². The van der Waals surface area contributed by atoms with Crippen molar-refractivity contribution in [3.8, 4) is 5.75 Å². The van der Waals surface area contributed by atoms with Gasteiger partial charge in [0.1, 0.15) is 5.75 Å². The molecule has 1 rings (SSSR count). The van der Waals surface area contributed by atoms with Crippen molar-refractivity contribution >= 4 is 17.5 Å². The van der Waals surface area contributed by atoms with Crippen LogP contribution >= 0.6 is 11.8 Å². The van der Waals surface area contributed by atoms with Gasteiger partial charge in [-0.2, -0.15) is 0 Å². The Morgan fingerprint density at radius 2 is 2.06 bits per heavy atom. The van der Waals surface area contributed by atoms with Gasteiger partial charge in [0.2, 0.25) is 0 Å². The van der Waals surface area contributed by atoms with Gasteiger partial charge in [0.15, 0.2) is 5.78 Å². The van der Waals surface area contributed by atoms with Crippen LogP contribution in [0.2, 0.25) is 0 Å². The fourth-order valence-electron chi connectivity index (χ4n) is 1.27. The number of hydrogen-bond acceptors (Lipinski definition) is 4. The number of pyridine rings is 1. The Labute approximate surface area is 113 Å². The Kier molecular flexibility index (Phi) is 5.20. The van der Waals surface area contributed by atoms with E-state index < -0.39 is 0 Å². The third kappa shape index (κ3) is 5.54. The highest BCUT2D eigenvalue weighted by Crippen LogP contribution is 2.24. The van der Waals surface area contributed by atoms with Gasteiger partial charge in [0.25, 0.3) is 0 Å². The minimum absolute atomic E-state index is 0.0844. The molecule has 0 amide bonds. The molecular formula is C14H21NO2S. The van der Waals surface area contributed by atoms with Crippen LogP contribution in [0.15, 0.2) is 18.5 Å². The molecule has 3 nitrogen and oxygen atoms in total. The molecule has 0 bridgehead atoms. The van der Waals surface area contributed by atoms with Gasteiger partial charge < -0.3 is 4.74 Å². The second-order valence-electron chi connectivity index (χ2n) is 5.40. The summed E-state index contributed by atoms with van der Waals surface area (Å²) >= 11 is 1.64. The molecule has 0 fully saturated rings. The fourth-order valence-corrected chi connectivity index (χ4v) is 2.00. The molecule has 1 heterocycles. The Morgan fingerprint density at radius 3 is 2.61 bits per heavy atom. The minimum atomic E-state index is 0.0844. The molecule has 0 N–H and O–H groups in total. The zero-order chi connectivity index (χ0) is 13.8. The number of ether oxygens (including phenoxy) is 1. The number of thioether (sulfide) groups is 1. The lowest BCUT2D eigenvalue weighted by molar-refractivity contribution is 0.102. The van der Waals surface area contributed by atoms with Gasteiger partial charge in [-0.25, -0.2) is 0 Å². The smallest absolute Gasteiger partial charge is 0.174 e. The van der Waals surface area contributed by atoms with Crippen molar-refractivity contribution in [2.75, 3.05) is 5.75 Å². The summed E-state index contributed by atoms with van der Waals surface area (Å²) in [5.41, 5.74) is 0.616. The van der Waals surface area contributed by atoms with E-state index in [9.17, 15) is 4.79 Å². The lowest BCUT2D eigenvalue weighted by Gasteiger charge is -2.16. The number of carbonyl (C=O) groups excluding carboxylic acids is 1. The van der Waals surface area contributed by atoms with Crippen LogP contribution in [0.1, 0.15) is 45.0 Å². The van der Waals surface area contributed by atoms with Crippen LogP contribution in [0.5, 0.6) is 5.75 Å². The Morgan fingerprint density at radius 1 is 1.39 bits per heavy atom. The van der Waals surface area contributed by atoms with E-state index in [-0.39, 0.29) is 16.6 Å². The fraction of sp³-hybridized carbons (Fsp3) is 0.571. The highest BCUT2D eigenvalue weighted by molar-refractivity contribution is 8.01. The highest BCUT2D eigenvalue weighted by atomic mass is 32.2. The first-order valence-electron chi connectivity index (χ1n) is 6.07. The van der Waals surface area contributed by atoms with E-state index in [4.69, 9.17) is 4.74 Å². The third-order valence-electron chi connectivity index (χ3n) is 2.04. The summed E-state index contributed by atoms with van der Waals surface area (Å²) < 4.78 is 5.62. The summed E-state index contributed by atoms with van der Waals surface area (Å²) in [5, 5.41) is 0. The van der Waals surface area contributed by atoms with Crippen LogP contribution in [0.3, 0.4) is 0 Å². The zero-order valence-electron chi connectivity index (χ0n) is 11.7. The summed E-state index contributed by atoms with van der Waals surface area (Å²) in [6, 6.07) is 1.76. The monoisotopic (exact) mass is 267 g/mol. The average Bonchev–Trinajstić information content (AvgIpc) is 2.24. The Balaban J connectivity index is 2.68. The van der Waals surface area contributed by atoms with E-state index in [1.165, 1.54) is 0 Å². The number of nitrogens with zero attached hydrogens (tertiary/aromatic N) is 1. The van der Waals surface area contributed by atoms with Gasteiger partial charge in [0.05, 0.1) is 18.1 Å². The second kappa shape index (κ2) is 6.23.